The minimum Gasteiger partial charge on any atom is -0.383 e. The van der Waals surface area contributed by atoms with Crippen LogP contribution in [0.25, 0.3) is 0 Å². The largest absolute Gasteiger partial charge is 0.383 e. The highest BCUT2D eigenvalue weighted by Crippen LogP contribution is 2.12. The number of nitro benzene ring substituents is 1. The molecule has 1 aromatic carbocycles. The average Bonchev–Trinajstić information content (AvgIpc) is 2.42. The fourth-order valence-corrected chi connectivity index (χ4v) is 1.81. The zero-order chi connectivity index (χ0) is 14.1. The third kappa shape index (κ3) is 5.78. The van der Waals surface area contributed by atoms with Crippen molar-refractivity contribution >= 4 is 5.69 Å². The average molecular weight is 267 g/mol. The van der Waals surface area contributed by atoms with E-state index in [9.17, 15) is 10.1 Å². The van der Waals surface area contributed by atoms with Gasteiger partial charge in [-0.1, -0.05) is 12.1 Å². The van der Waals surface area contributed by atoms with Gasteiger partial charge in [-0.05, 0) is 24.9 Å². The van der Waals surface area contributed by atoms with Crippen molar-refractivity contribution in [2.24, 2.45) is 5.73 Å². The molecule has 0 saturated heterocycles. The molecule has 0 aliphatic carbocycles. The molecule has 1 unspecified atom stereocenters. The summed E-state index contributed by atoms with van der Waals surface area (Å²) < 4.78 is 5.15. The number of hydrogen-bond acceptors (Lipinski definition) is 5. The number of nitro groups is 1. The molecule has 0 aliphatic heterocycles. The molecule has 1 rings (SSSR count). The van der Waals surface area contributed by atoms with Crippen molar-refractivity contribution in [1.29, 1.82) is 0 Å². The number of methoxy groups -OCH3 is 1. The Hall–Kier alpha value is -1.50. The van der Waals surface area contributed by atoms with Crippen LogP contribution in [0.5, 0.6) is 0 Å². The van der Waals surface area contributed by atoms with Crippen molar-refractivity contribution in [1.82, 2.24) is 5.32 Å². The van der Waals surface area contributed by atoms with Gasteiger partial charge in [-0.15, -0.1) is 0 Å². The number of ether oxygens (including phenoxy) is 1. The van der Waals surface area contributed by atoms with Gasteiger partial charge in [-0.25, -0.2) is 0 Å². The van der Waals surface area contributed by atoms with Crippen molar-refractivity contribution in [3.63, 3.8) is 0 Å². The molecule has 3 N–H and O–H groups in total. The maximum Gasteiger partial charge on any atom is 0.269 e. The molecule has 19 heavy (non-hydrogen) atoms. The molecule has 106 valence electrons. The van der Waals surface area contributed by atoms with Crippen molar-refractivity contribution in [3.8, 4) is 0 Å². The number of non-ortho nitro benzene ring substituents is 1. The Labute approximate surface area is 113 Å². The van der Waals surface area contributed by atoms with E-state index in [1.807, 2.05) is 0 Å². The molecule has 0 radical (unpaired) electrons. The van der Waals surface area contributed by atoms with Gasteiger partial charge in [0.1, 0.15) is 0 Å². The first kappa shape index (κ1) is 15.6. The quantitative estimate of drug-likeness (QED) is 0.522. The topological polar surface area (TPSA) is 90.4 Å². The maximum atomic E-state index is 10.5. The van der Waals surface area contributed by atoms with Crippen molar-refractivity contribution < 1.29 is 9.66 Å². The third-order valence-corrected chi connectivity index (χ3v) is 2.87. The van der Waals surface area contributed by atoms with E-state index in [4.69, 9.17) is 10.5 Å². The van der Waals surface area contributed by atoms with Crippen LogP contribution in [0.2, 0.25) is 0 Å². The Bertz CT molecular complexity index is 381. The molecule has 0 bridgehead atoms. The normalized spacial score (nSPS) is 12.3. The lowest BCUT2D eigenvalue weighted by Gasteiger charge is -2.17. The highest BCUT2D eigenvalue weighted by molar-refractivity contribution is 5.32. The van der Waals surface area contributed by atoms with E-state index < -0.39 is 4.92 Å². The molecular formula is C13H21N3O3. The number of hydrogen-bond donors (Lipinski definition) is 2. The molecular weight excluding hydrogens is 246 g/mol. The van der Waals surface area contributed by atoms with Gasteiger partial charge >= 0.3 is 0 Å². The van der Waals surface area contributed by atoms with Crippen LogP contribution in [0.3, 0.4) is 0 Å². The van der Waals surface area contributed by atoms with Gasteiger partial charge in [0.25, 0.3) is 5.69 Å². The summed E-state index contributed by atoms with van der Waals surface area (Å²) in [5, 5.41) is 13.9. The molecule has 0 heterocycles. The van der Waals surface area contributed by atoms with Gasteiger partial charge in [0.15, 0.2) is 0 Å². The molecule has 6 heteroatoms. The predicted octanol–water partition coefficient (Wildman–Crippen LogP) is 1.44. The second-order valence-electron chi connectivity index (χ2n) is 4.39. The number of nitrogens with one attached hydrogen (secondary N) is 1. The Morgan fingerprint density at radius 3 is 2.63 bits per heavy atom. The molecule has 0 fully saturated rings. The lowest BCUT2D eigenvalue weighted by Crippen LogP contribution is -2.33. The first-order chi connectivity index (χ1) is 9.17. The minimum atomic E-state index is -0.397. The van der Waals surface area contributed by atoms with E-state index in [1.165, 1.54) is 12.1 Å². The van der Waals surface area contributed by atoms with E-state index in [1.54, 1.807) is 19.2 Å². The summed E-state index contributed by atoms with van der Waals surface area (Å²) in [6.45, 7) is 1.96. The van der Waals surface area contributed by atoms with Gasteiger partial charge < -0.3 is 15.8 Å². The van der Waals surface area contributed by atoms with E-state index in [-0.39, 0.29) is 11.7 Å². The fraction of sp³-hybridized carbons (Fsp3) is 0.538. The van der Waals surface area contributed by atoms with Gasteiger partial charge in [0.05, 0.1) is 11.5 Å². The fourth-order valence-electron chi connectivity index (χ4n) is 1.81. The van der Waals surface area contributed by atoms with Crippen LogP contribution >= 0.6 is 0 Å². The van der Waals surface area contributed by atoms with Gasteiger partial charge in [0.2, 0.25) is 0 Å². The smallest absolute Gasteiger partial charge is 0.269 e. The number of nitrogens with two attached hydrogens (primary N) is 1. The van der Waals surface area contributed by atoms with Crippen LogP contribution in [0.4, 0.5) is 5.69 Å². The molecule has 0 saturated carbocycles. The van der Waals surface area contributed by atoms with Crippen molar-refractivity contribution in [2.75, 3.05) is 20.3 Å². The molecule has 0 spiro atoms. The van der Waals surface area contributed by atoms with Crippen LogP contribution in [0, 0.1) is 10.1 Å². The van der Waals surface area contributed by atoms with Crippen LogP contribution in [-0.4, -0.2) is 31.2 Å². The van der Waals surface area contributed by atoms with Gasteiger partial charge in [-0.2, -0.15) is 0 Å². The monoisotopic (exact) mass is 267 g/mol. The highest BCUT2D eigenvalue weighted by Gasteiger charge is 2.08. The Morgan fingerprint density at radius 2 is 2.11 bits per heavy atom. The molecule has 1 aromatic rings. The summed E-state index contributed by atoms with van der Waals surface area (Å²) in [7, 11) is 1.67. The summed E-state index contributed by atoms with van der Waals surface area (Å²) in [5.41, 5.74) is 6.62. The predicted molar refractivity (Wildman–Crippen MR) is 73.9 cm³/mol. The number of rotatable bonds is 9. The zero-order valence-corrected chi connectivity index (χ0v) is 11.2. The third-order valence-electron chi connectivity index (χ3n) is 2.87. The first-order valence-electron chi connectivity index (χ1n) is 6.33. The van der Waals surface area contributed by atoms with E-state index in [2.05, 4.69) is 5.32 Å². The Morgan fingerprint density at radius 1 is 1.42 bits per heavy atom. The summed E-state index contributed by atoms with van der Waals surface area (Å²) >= 11 is 0. The summed E-state index contributed by atoms with van der Waals surface area (Å²) in [6, 6.07) is 6.81. The van der Waals surface area contributed by atoms with Crippen LogP contribution in [0.1, 0.15) is 18.4 Å². The summed E-state index contributed by atoms with van der Waals surface area (Å²) in [5.74, 6) is 0. The summed E-state index contributed by atoms with van der Waals surface area (Å²) in [6.07, 6.45) is 1.90. The lowest BCUT2D eigenvalue weighted by atomic mass is 10.1. The van der Waals surface area contributed by atoms with E-state index >= 15 is 0 Å². The van der Waals surface area contributed by atoms with Crippen LogP contribution in [0.15, 0.2) is 24.3 Å². The SMILES string of the molecule is COCC(CCCN)NCc1ccc([N+](=O)[O-])cc1. The molecule has 0 aliphatic rings. The van der Waals surface area contributed by atoms with Gasteiger partial charge in [0, 0.05) is 31.8 Å². The maximum absolute atomic E-state index is 10.5. The second-order valence-corrected chi connectivity index (χ2v) is 4.39. The molecule has 1 atom stereocenters. The molecule has 6 nitrogen and oxygen atoms in total. The number of nitrogens with zero attached hydrogens (tertiary/aromatic N) is 1. The van der Waals surface area contributed by atoms with Crippen molar-refractivity contribution in [2.45, 2.75) is 25.4 Å². The minimum absolute atomic E-state index is 0.111. The zero-order valence-electron chi connectivity index (χ0n) is 11.2. The summed E-state index contributed by atoms with van der Waals surface area (Å²) in [4.78, 5) is 10.1. The lowest BCUT2D eigenvalue weighted by molar-refractivity contribution is -0.384. The number of benzene rings is 1. The van der Waals surface area contributed by atoms with Crippen LogP contribution in [-0.2, 0) is 11.3 Å². The Balaban J connectivity index is 2.46. The standard InChI is InChI=1S/C13H21N3O3/c1-19-10-12(3-2-8-14)15-9-11-4-6-13(7-5-11)16(17)18/h4-7,12,15H,2-3,8-10,14H2,1H3. The molecule has 0 amide bonds. The van der Waals surface area contributed by atoms with Crippen molar-refractivity contribution in [3.05, 3.63) is 39.9 Å². The molecule has 0 aromatic heterocycles. The van der Waals surface area contributed by atoms with E-state index in [0.717, 1.165) is 18.4 Å². The van der Waals surface area contributed by atoms with Crippen LogP contribution < -0.4 is 11.1 Å². The second kappa shape index (κ2) is 8.58. The highest BCUT2D eigenvalue weighted by atomic mass is 16.6. The Kier molecular flexibility index (Phi) is 7.02. The van der Waals surface area contributed by atoms with E-state index in [0.29, 0.717) is 19.7 Å². The first-order valence-corrected chi connectivity index (χ1v) is 6.33. The van der Waals surface area contributed by atoms with Gasteiger partial charge in [-0.3, -0.25) is 10.1 Å².